The predicted molar refractivity (Wildman–Crippen MR) is 48.4 cm³/mol. The van der Waals surface area contributed by atoms with E-state index in [-0.39, 0.29) is 13.2 Å². The van der Waals surface area contributed by atoms with E-state index in [1.54, 1.807) is 6.07 Å². The highest BCUT2D eigenvalue weighted by molar-refractivity contribution is 5.34. The fourth-order valence-electron chi connectivity index (χ4n) is 0.838. The standard InChI is InChI=1S/C8H13N3O2/c1-6-2-8(11-5-10-6)9-3-7(13)4-12/h2,5,7,12-13H,3-4H2,1H3,(H,9,10,11). The first kappa shape index (κ1) is 9.88. The second kappa shape index (κ2) is 4.74. The summed E-state index contributed by atoms with van der Waals surface area (Å²) in [7, 11) is 0. The van der Waals surface area contributed by atoms with Gasteiger partial charge in [-0.05, 0) is 6.92 Å². The van der Waals surface area contributed by atoms with E-state index in [0.29, 0.717) is 5.82 Å². The summed E-state index contributed by atoms with van der Waals surface area (Å²) < 4.78 is 0. The Morgan fingerprint density at radius 1 is 1.54 bits per heavy atom. The van der Waals surface area contributed by atoms with E-state index in [1.165, 1.54) is 6.33 Å². The van der Waals surface area contributed by atoms with Crippen LogP contribution in [0.3, 0.4) is 0 Å². The summed E-state index contributed by atoms with van der Waals surface area (Å²) in [5.41, 5.74) is 0.857. The van der Waals surface area contributed by atoms with Crippen LogP contribution >= 0.6 is 0 Å². The van der Waals surface area contributed by atoms with Crippen molar-refractivity contribution in [3.63, 3.8) is 0 Å². The number of rotatable bonds is 4. The molecule has 0 aliphatic carbocycles. The Bertz CT molecular complexity index is 267. The van der Waals surface area contributed by atoms with Crippen LogP contribution in [0.1, 0.15) is 5.69 Å². The van der Waals surface area contributed by atoms with Crippen LogP contribution < -0.4 is 5.32 Å². The fraction of sp³-hybridized carbons (Fsp3) is 0.500. The van der Waals surface area contributed by atoms with Gasteiger partial charge in [0.25, 0.3) is 0 Å². The number of nitrogens with zero attached hydrogens (tertiary/aromatic N) is 2. The SMILES string of the molecule is Cc1cc(NCC(O)CO)ncn1. The van der Waals surface area contributed by atoms with Gasteiger partial charge in [-0.2, -0.15) is 0 Å². The molecule has 0 bridgehead atoms. The van der Waals surface area contributed by atoms with E-state index < -0.39 is 6.10 Å². The van der Waals surface area contributed by atoms with Crippen molar-refractivity contribution < 1.29 is 10.2 Å². The molecule has 1 unspecified atom stereocenters. The van der Waals surface area contributed by atoms with Crippen LogP contribution in [0.2, 0.25) is 0 Å². The first-order valence-electron chi connectivity index (χ1n) is 4.04. The van der Waals surface area contributed by atoms with E-state index in [4.69, 9.17) is 10.2 Å². The fourth-order valence-corrected chi connectivity index (χ4v) is 0.838. The molecule has 0 aliphatic heterocycles. The smallest absolute Gasteiger partial charge is 0.129 e. The van der Waals surface area contributed by atoms with Crippen molar-refractivity contribution >= 4 is 5.82 Å². The molecule has 72 valence electrons. The maximum absolute atomic E-state index is 9.03. The minimum absolute atomic E-state index is 0.253. The highest BCUT2D eigenvalue weighted by Gasteiger charge is 2.01. The Kier molecular flexibility index (Phi) is 3.60. The highest BCUT2D eigenvalue weighted by Crippen LogP contribution is 2.01. The van der Waals surface area contributed by atoms with E-state index >= 15 is 0 Å². The van der Waals surface area contributed by atoms with Gasteiger partial charge in [-0.3, -0.25) is 0 Å². The van der Waals surface area contributed by atoms with Gasteiger partial charge in [0.1, 0.15) is 12.1 Å². The molecule has 5 nitrogen and oxygen atoms in total. The van der Waals surface area contributed by atoms with Crippen molar-refractivity contribution in [2.24, 2.45) is 0 Å². The maximum atomic E-state index is 9.03. The van der Waals surface area contributed by atoms with Gasteiger partial charge in [-0.1, -0.05) is 0 Å². The lowest BCUT2D eigenvalue weighted by Crippen LogP contribution is -2.23. The van der Waals surface area contributed by atoms with Crippen molar-refractivity contribution in [2.45, 2.75) is 13.0 Å². The van der Waals surface area contributed by atoms with Gasteiger partial charge in [0.05, 0.1) is 12.7 Å². The molecular weight excluding hydrogens is 170 g/mol. The third-order valence-electron chi connectivity index (χ3n) is 1.53. The zero-order valence-electron chi connectivity index (χ0n) is 7.44. The molecule has 0 saturated carbocycles. The van der Waals surface area contributed by atoms with Crippen LogP contribution in [0.4, 0.5) is 5.82 Å². The van der Waals surface area contributed by atoms with E-state index in [1.807, 2.05) is 6.92 Å². The lowest BCUT2D eigenvalue weighted by atomic mass is 10.3. The zero-order chi connectivity index (χ0) is 9.68. The van der Waals surface area contributed by atoms with Crippen molar-refractivity contribution in [3.8, 4) is 0 Å². The number of aliphatic hydroxyl groups excluding tert-OH is 2. The first-order valence-corrected chi connectivity index (χ1v) is 4.04. The summed E-state index contributed by atoms with van der Waals surface area (Å²) in [6, 6.07) is 1.77. The molecule has 5 heteroatoms. The molecule has 0 radical (unpaired) electrons. The second-order valence-electron chi connectivity index (χ2n) is 2.76. The minimum atomic E-state index is -0.754. The Morgan fingerprint density at radius 2 is 2.31 bits per heavy atom. The summed E-state index contributed by atoms with van der Waals surface area (Å²) in [5, 5.41) is 20.5. The number of aryl methyl sites for hydroxylation is 1. The summed E-state index contributed by atoms with van der Waals surface area (Å²) in [4.78, 5) is 7.85. The third kappa shape index (κ3) is 3.35. The first-order chi connectivity index (χ1) is 6.22. The molecule has 0 saturated heterocycles. The second-order valence-corrected chi connectivity index (χ2v) is 2.76. The Morgan fingerprint density at radius 3 is 2.92 bits per heavy atom. The van der Waals surface area contributed by atoms with Crippen molar-refractivity contribution in [3.05, 3.63) is 18.1 Å². The van der Waals surface area contributed by atoms with E-state index in [0.717, 1.165) is 5.69 Å². The van der Waals surface area contributed by atoms with Gasteiger partial charge in [0.2, 0.25) is 0 Å². The van der Waals surface area contributed by atoms with Gasteiger partial charge >= 0.3 is 0 Å². The van der Waals surface area contributed by atoms with Crippen molar-refractivity contribution in [2.75, 3.05) is 18.5 Å². The quantitative estimate of drug-likeness (QED) is 0.589. The monoisotopic (exact) mass is 183 g/mol. The number of hydrogen-bond acceptors (Lipinski definition) is 5. The maximum Gasteiger partial charge on any atom is 0.129 e. The predicted octanol–water partition coefficient (Wildman–Crippen LogP) is -0.450. The normalized spacial score (nSPS) is 12.5. The Hall–Kier alpha value is -1.20. The van der Waals surface area contributed by atoms with Crippen molar-refractivity contribution in [1.29, 1.82) is 0 Å². The number of aromatic nitrogens is 2. The molecule has 1 aromatic rings. The summed E-state index contributed by atoms with van der Waals surface area (Å²) in [6.45, 7) is 1.89. The van der Waals surface area contributed by atoms with Crippen molar-refractivity contribution in [1.82, 2.24) is 9.97 Å². The van der Waals surface area contributed by atoms with Crippen LogP contribution in [0, 0.1) is 6.92 Å². The average molecular weight is 183 g/mol. The topological polar surface area (TPSA) is 78.3 Å². The highest BCUT2D eigenvalue weighted by atomic mass is 16.3. The summed E-state index contributed by atoms with van der Waals surface area (Å²) >= 11 is 0. The lowest BCUT2D eigenvalue weighted by Gasteiger charge is -2.08. The number of aliphatic hydroxyl groups is 2. The van der Waals surface area contributed by atoms with Gasteiger partial charge in [-0.25, -0.2) is 9.97 Å². The van der Waals surface area contributed by atoms with Crippen LogP contribution in [-0.2, 0) is 0 Å². The van der Waals surface area contributed by atoms with Crippen LogP contribution in [0.5, 0.6) is 0 Å². The summed E-state index contributed by atoms with van der Waals surface area (Å²) in [5.74, 6) is 0.653. The number of hydrogen-bond donors (Lipinski definition) is 3. The number of nitrogens with one attached hydrogen (secondary N) is 1. The van der Waals surface area contributed by atoms with Gasteiger partial charge in [0, 0.05) is 18.3 Å². The zero-order valence-corrected chi connectivity index (χ0v) is 7.44. The largest absolute Gasteiger partial charge is 0.394 e. The molecule has 13 heavy (non-hydrogen) atoms. The van der Waals surface area contributed by atoms with E-state index in [2.05, 4.69) is 15.3 Å². The molecule has 1 atom stereocenters. The average Bonchev–Trinajstić information content (AvgIpc) is 2.14. The van der Waals surface area contributed by atoms with Gasteiger partial charge in [0.15, 0.2) is 0 Å². The third-order valence-corrected chi connectivity index (χ3v) is 1.53. The molecular formula is C8H13N3O2. The van der Waals surface area contributed by atoms with Crippen LogP contribution in [0.15, 0.2) is 12.4 Å². The molecule has 0 fully saturated rings. The molecule has 0 aliphatic rings. The Balaban J connectivity index is 2.45. The van der Waals surface area contributed by atoms with E-state index in [9.17, 15) is 0 Å². The molecule has 1 rings (SSSR count). The molecule has 0 spiro atoms. The van der Waals surface area contributed by atoms with Crippen LogP contribution in [0.25, 0.3) is 0 Å². The van der Waals surface area contributed by atoms with Gasteiger partial charge < -0.3 is 15.5 Å². The molecule has 1 aromatic heterocycles. The molecule has 0 amide bonds. The van der Waals surface area contributed by atoms with Crippen LogP contribution in [-0.4, -0.2) is 39.4 Å². The molecule has 3 N–H and O–H groups in total. The van der Waals surface area contributed by atoms with Gasteiger partial charge in [-0.15, -0.1) is 0 Å². The molecule has 1 heterocycles. The lowest BCUT2D eigenvalue weighted by molar-refractivity contribution is 0.105. The summed E-state index contributed by atoms with van der Waals surface area (Å²) in [6.07, 6.45) is 0.693. The molecule has 0 aromatic carbocycles. The number of anilines is 1. The minimum Gasteiger partial charge on any atom is -0.394 e. The Labute approximate surface area is 76.5 Å².